The number of carbonyl (C=O) groups excluding carboxylic acids is 2. The summed E-state index contributed by atoms with van der Waals surface area (Å²) in [4.78, 5) is 24.3. The summed E-state index contributed by atoms with van der Waals surface area (Å²) in [5, 5.41) is 2.83. The van der Waals surface area contributed by atoms with E-state index in [2.05, 4.69) is 5.32 Å². The number of Topliss-reactive ketones (excluding diaryl/α,β-unsaturated/α-hetero) is 1. The summed E-state index contributed by atoms with van der Waals surface area (Å²) in [6, 6.07) is 5.77. The van der Waals surface area contributed by atoms with E-state index in [9.17, 15) is 14.0 Å². The molecule has 3 nitrogen and oxygen atoms in total. The number of hydrogen-bond acceptors (Lipinski definition) is 2. The zero-order valence-corrected chi connectivity index (χ0v) is 11.3. The van der Waals surface area contributed by atoms with Crippen LogP contribution in [0.25, 0.3) is 0 Å². The highest BCUT2D eigenvalue weighted by Crippen LogP contribution is 2.40. The molecule has 0 radical (unpaired) electrons. The van der Waals surface area contributed by atoms with Gasteiger partial charge in [0.1, 0.15) is 11.6 Å². The molecule has 1 amide bonds. The average Bonchev–Trinajstić information content (AvgIpc) is 2.41. The van der Waals surface area contributed by atoms with Crippen LogP contribution in [0.5, 0.6) is 0 Å². The largest absolute Gasteiger partial charge is 0.326 e. The Kier molecular flexibility index (Phi) is 3.55. The summed E-state index contributed by atoms with van der Waals surface area (Å²) in [5.41, 5.74) is 0.610. The molecule has 2 fully saturated rings. The summed E-state index contributed by atoms with van der Waals surface area (Å²) in [5.74, 6) is 0.0647. The van der Waals surface area contributed by atoms with E-state index in [1.54, 1.807) is 12.1 Å². The summed E-state index contributed by atoms with van der Waals surface area (Å²) >= 11 is 0. The predicted octanol–water partition coefficient (Wildman–Crippen LogP) is 3.16. The Morgan fingerprint density at radius 1 is 1.10 bits per heavy atom. The first-order valence-electron chi connectivity index (χ1n) is 7.23. The second kappa shape index (κ2) is 5.35. The molecular weight excluding hydrogens is 257 g/mol. The van der Waals surface area contributed by atoms with Crippen LogP contribution in [-0.2, 0) is 9.59 Å². The highest BCUT2D eigenvalue weighted by atomic mass is 19.1. The molecule has 2 aliphatic carbocycles. The topological polar surface area (TPSA) is 46.2 Å². The lowest BCUT2D eigenvalue weighted by Crippen LogP contribution is -2.40. The molecule has 4 heteroatoms. The molecule has 2 atom stereocenters. The fraction of sp³-hybridized carbons (Fsp3) is 0.500. The van der Waals surface area contributed by atoms with Crippen LogP contribution in [0.15, 0.2) is 24.3 Å². The van der Waals surface area contributed by atoms with Crippen LogP contribution >= 0.6 is 0 Å². The molecule has 0 aromatic heterocycles. The van der Waals surface area contributed by atoms with Crippen molar-refractivity contribution in [2.24, 2.45) is 17.8 Å². The maximum Gasteiger partial charge on any atom is 0.227 e. The second-order valence-corrected chi connectivity index (χ2v) is 5.89. The molecule has 20 heavy (non-hydrogen) atoms. The van der Waals surface area contributed by atoms with Crippen molar-refractivity contribution in [2.75, 3.05) is 5.32 Å². The standard InChI is InChI=1S/C16H18FNO2/c17-13-4-6-14(7-5-13)18-16(20)12-8-10-2-1-3-11(9-12)15(10)19/h4-7,10-12H,1-3,8-9H2,(H,18,20)/t10-,11-/m0/s1. The van der Waals surface area contributed by atoms with Crippen molar-refractivity contribution in [3.05, 3.63) is 30.1 Å². The number of benzene rings is 1. The fourth-order valence-electron chi connectivity index (χ4n) is 3.47. The first-order valence-corrected chi connectivity index (χ1v) is 7.23. The maximum atomic E-state index is 12.8. The van der Waals surface area contributed by atoms with Gasteiger partial charge in [0.25, 0.3) is 0 Å². The molecule has 0 aliphatic heterocycles. The van der Waals surface area contributed by atoms with Gasteiger partial charge in [0.05, 0.1) is 0 Å². The van der Waals surface area contributed by atoms with Crippen molar-refractivity contribution in [1.82, 2.24) is 0 Å². The van der Waals surface area contributed by atoms with Crippen molar-refractivity contribution >= 4 is 17.4 Å². The molecular formula is C16H18FNO2. The van der Waals surface area contributed by atoms with Gasteiger partial charge < -0.3 is 5.32 Å². The van der Waals surface area contributed by atoms with Crippen molar-refractivity contribution in [3.63, 3.8) is 0 Å². The second-order valence-electron chi connectivity index (χ2n) is 5.89. The Bertz CT molecular complexity index is 510. The Morgan fingerprint density at radius 3 is 2.30 bits per heavy atom. The Labute approximate surface area is 117 Å². The predicted molar refractivity (Wildman–Crippen MR) is 73.6 cm³/mol. The number of hydrogen-bond donors (Lipinski definition) is 1. The number of amides is 1. The smallest absolute Gasteiger partial charge is 0.227 e. The van der Waals surface area contributed by atoms with Crippen molar-refractivity contribution in [1.29, 1.82) is 0 Å². The van der Waals surface area contributed by atoms with Crippen molar-refractivity contribution in [3.8, 4) is 0 Å². The summed E-state index contributed by atoms with van der Waals surface area (Å²) < 4.78 is 12.8. The molecule has 3 rings (SSSR count). The van der Waals surface area contributed by atoms with Gasteiger partial charge in [0.2, 0.25) is 5.91 Å². The molecule has 2 aliphatic rings. The van der Waals surface area contributed by atoms with E-state index in [4.69, 9.17) is 0 Å². The van der Waals surface area contributed by atoms with Gasteiger partial charge in [-0.15, -0.1) is 0 Å². The third-order valence-corrected chi connectivity index (χ3v) is 4.53. The molecule has 2 bridgehead atoms. The molecule has 106 valence electrons. The third-order valence-electron chi connectivity index (χ3n) is 4.53. The lowest BCUT2D eigenvalue weighted by Gasteiger charge is -2.36. The first-order chi connectivity index (χ1) is 9.63. The number of halogens is 1. The van der Waals surface area contributed by atoms with Crippen LogP contribution in [-0.4, -0.2) is 11.7 Å². The van der Waals surface area contributed by atoms with Crippen LogP contribution in [0, 0.1) is 23.6 Å². The molecule has 0 spiro atoms. The van der Waals surface area contributed by atoms with E-state index in [1.807, 2.05) is 0 Å². The highest BCUT2D eigenvalue weighted by molar-refractivity contribution is 5.95. The quantitative estimate of drug-likeness (QED) is 0.901. The first kappa shape index (κ1) is 13.3. The monoisotopic (exact) mass is 275 g/mol. The molecule has 1 aromatic rings. The number of carbonyl (C=O) groups is 2. The van der Waals surface area contributed by atoms with Gasteiger partial charge in [-0.05, 0) is 49.9 Å². The number of ketones is 1. The van der Waals surface area contributed by atoms with Gasteiger partial charge in [-0.1, -0.05) is 6.42 Å². The number of rotatable bonds is 2. The van der Waals surface area contributed by atoms with Crippen molar-refractivity contribution < 1.29 is 14.0 Å². The van der Waals surface area contributed by atoms with E-state index in [1.165, 1.54) is 12.1 Å². The summed E-state index contributed by atoms with van der Waals surface area (Å²) in [6.45, 7) is 0. The van der Waals surface area contributed by atoms with Gasteiger partial charge in [-0.25, -0.2) is 4.39 Å². The minimum atomic E-state index is -0.319. The van der Waals surface area contributed by atoms with Gasteiger partial charge >= 0.3 is 0 Å². The molecule has 0 unspecified atom stereocenters. The summed E-state index contributed by atoms with van der Waals surface area (Å²) in [6.07, 6.45) is 4.30. The molecule has 2 saturated carbocycles. The van der Waals surface area contributed by atoms with Crippen molar-refractivity contribution in [2.45, 2.75) is 32.1 Å². The van der Waals surface area contributed by atoms with Crippen LogP contribution in [0.1, 0.15) is 32.1 Å². The van der Waals surface area contributed by atoms with E-state index < -0.39 is 0 Å². The van der Waals surface area contributed by atoms with E-state index >= 15 is 0 Å². The number of anilines is 1. The molecule has 1 N–H and O–H groups in total. The average molecular weight is 275 g/mol. The normalized spacial score (nSPS) is 29.1. The Hall–Kier alpha value is -1.71. The number of fused-ring (bicyclic) bond motifs is 2. The fourth-order valence-corrected chi connectivity index (χ4v) is 3.47. The lowest BCUT2D eigenvalue weighted by atomic mass is 9.67. The zero-order chi connectivity index (χ0) is 14.1. The number of nitrogens with one attached hydrogen (secondary N) is 1. The molecule has 1 aromatic carbocycles. The van der Waals surface area contributed by atoms with Gasteiger partial charge in [0, 0.05) is 23.4 Å². The minimum absolute atomic E-state index is 0.0407. The van der Waals surface area contributed by atoms with Crippen LogP contribution in [0.3, 0.4) is 0 Å². The zero-order valence-electron chi connectivity index (χ0n) is 11.3. The molecule has 0 heterocycles. The van der Waals surface area contributed by atoms with E-state index in [0.29, 0.717) is 24.3 Å². The Balaban J connectivity index is 1.66. The van der Waals surface area contributed by atoms with Gasteiger partial charge in [0.15, 0.2) is 0 Å². The maximum absolute atomic E-state index is 12.8. The van der Waals surface area contributed by atoms with Gasteiger partial charge in [-0.2, -0.15) is 0 Å². The van der Waals surface area contributed by atoms with Crippen LogP contribution in [0.4, 0.5) is 10.1 Å². The van der Waals surface area contributed by atoms with Crippen LogP contribution < -0.4 is 5.32 Å². The Morgan fingerprint density at radius 2 is 1.70 bits per heavy atom. The third kappa shape index (κ3) is 2.60. The van der Waals surface area contributed by atoms with Gasteiger partial charge in [-0.3, -0.25) is 9.59 Å². The highest BCUT2D eigenvalue weighted by Gasteiger charge is 2.41. The molecule has 0 saturated heterocycles. The van der Waals surface area contributed by atoms with E-state index in [0.717, 1.165) is 19.3 Å². The van der Waals surface area contributed by atoms with Crippen LogP contribution in [0.2, 0.25) is 0 Å². The lowest BCUT2D eigenvalue weighted by molar-refractivity contribution is -0.136. The minimum Gasteiger partial charge on any atom is -0.326 e. The summed E-state index contributed by atoms with van der Waals surface area (Å²) in [7, 11) is 0. The van der Waals surface area contributed by atoms with E-state index in [-0.39, 0.29) is 29.5 Å². The SMILES string of the molecule is O=C(Nc1ccc(F)cc1)C1C[C@@H]2CCC[C@@H](C1)C2=O.